The molecule has 2 atom stereocenters. The van der Waals surface area contributed by atoms with Crippen molar-refractivity contribution in [2.45, 2.75) is 39.3 Å². The molecule has 0 aromatic heterocycles. The van der Waals surface area contributed by atoms with E-state index in [0.717, 1.165) is 16.7 Å². The summed E-state index contributed by atoms with van der Waals surface area (Å²) in [6.45, 7) is 5.50. The molecule has 8 heteroatoms. The van der Waals surface area contributed by atoms with Crippen LogP contribution in [-0.4, -0.2) is 60.7 Å². The lowest BCUT2D eigenvalue weighted by atomic mass is 9.84. The molecular weight excluding hydrogens is 446 g/mol. The highest BCUT2D eigenvalue weighted by molar-refractivity contribution is 5.91. The Morgan fingerprint density at radius 2 is 1.60 bits per heavy atom. The number of ether oxygens (including phenoxy) is 1. The Morgan fingerprint density at radius 3 is 2.11 bits per heavy atom. The molecule has 0 fully saturated rings. The van der Waals surface area contributed by atoms with Gasteiger partial charge < -0.3 is 15.0 Å². The van der Waals surface area contributed by atoms with E-state index >= 15 is 0 Å². The molecule has 0 saturated heterocycles. The first kappa shape index (κ1) is 27.6. The van der Waals surface area contributed by atoms with Gasteiger partial charge in [0.15, 0.2) is 0 Å². The zero-order valence-electron chi connectivity index (χ0n) is 20.8. The van der Waals surface area contributed by atoms with Crippen molar-refractivity contribution in [3.05, 3.63) is 60.2 Å². The third-order valence-electron chi connectivity index (χ3n) is 5.47. The van der Waals surface area contributed by atoms with Gasteiger partial charge in [0, 0.05) is 19.7 Å². The minimum Gasteiger partial charge on any atom is -0.371 e. The summed E-state index contributed by atoms with van der Waals surface area (Å²) in [5.41, 5.74) is 3.80. The Labute approximate surface area is 206 Å². The number of carbonyl (C=O) groups excluding carboxylic acids is 3. The van der Waals surface area contributed by atoms with E-state index in [9.17, 15) is 14.4 Å². The van der Waals surface area contributed by atoms with Gasteiger partial charge in [-0.15, -0.1) is 0 Å². The van der Waals surface area contributed by atoms with E-state index in [-0.39, 0.29) is 18.9 Å². The molecule has 0 radical (unpaired) electrons. The number of likely N-dealkylation sites (N-methyl/N-ethyl adjacent to an activating group) is 1. The van der Waals surface area contributed by atoms with Crippen LogP contribution in [0.5, 0.6) is 0 Å². The summed E-state index contributed by atoms with van der Waals surface area (Å²) in [6.07, 6.45) is -1.57. The Bertz CT molecular complexity index is 1070. The highest BCUT2D eigenvalue weighted by atomic mass is 16.5. The predicted molar refractivity (Wildman–Crippen MR) is 133 cm³/mol. The van der Waals surface area contributed by atoms with Crippen LogP contribution in [0.3, 0.4) is 0 Å². The molecule has 0 unspecified atom stereocenters. The first-order chi connectivity index (χ1) is 16.6. The van der Waals surface area contributed by atoms with E-state index in [1.807, 2.05) is 75.4 Å². The molecule has 186 valence electrons. The smallest absolute Gasteiger partial charge is 0.272 e. The average molecular weight is 480 g/mol. The number of hydrogen-bond donors (Lipinski definition) is 3. The van der Waals surface area contributed by atoms with Crippen LogP contribution in [0.2, 0.25) is 0 Å². The number of hydroxylamine groups is 1. The van der Waals surface area contributed by atoms with Gasteiger partial charge in [-0.25, -0.2) is 5.48 Å². The normalized spacial score (nSPS) is 12.5. The van der Waals surface area contributed by atoms with Crippen LogP contribution in [0, 0.1) is 17.3 Å². The summed E-state index contributed by atoms with van der Waals surface area (Å²) in [7, 11) is 2.76. The van der Waals surface area contributed by atoms with E-state index in [4.69, 9.17) is 9.94 Å². The van der Waals surface area contributed by atoms with Gasteiger partial charge in [-0.3, -0.25) is 19.6 Å². The van der Waals surface area contributed by atoms with Crippen LogP contribution in [0.25, 0.3) is 11.1 Å². The third kappa shape index (κ3) is 7.67. The Kier molecular flexibility index (Phi) is 10.0. The van der Waals surface area contributed by atoms with Crippen molar-refractivity contribution in [3.63, 3.8) is 0 Å². The molecule has 2 aromatic carbocycles. The van der Waals surface area contributed by atoms with Gasteiger partial charge in [0.25, 0.3) is 5.91 Å². The molecule has 0 spiro atoms. The second-order valence-corrected chi connectivity index (χ2v) is 9.05. The maximum Gasteiger partial charge on any atom is 0.272 e. The molecule has 0 aliphatic heterocycles. The fourth-order valence-corrected chi connectivity index (χ4v) is 3.70. The van der Waals surface area contributed by atoms with E-state index in [0.29, 0.717) is 0 Å². The number of hydrogen-bond acceptors (Lipinski definition) is 5. The van der Waals surface area contributed by atoms with Crippen molar-refractivity contribution < 1.29 is 24.3 Å². The summed E-state index contributed by atoms with van der Waals surface area (Å²) in [5.74, 6) is 4.34. The van der Waals surface area contributed by atoms with Gasteiger partial charge in [-0.05, 0) is 28.7 Å². The lowest BCUT2D eigenvalue weighted by Gasteiger charge is -2.38. The van der Waals surface area contributed by atoms with Crippen molar-refractivity contribution >= 4 is 17.7 Å². The van der Waals surface area contributed by atoms with Crippen LogP contribution in [0.1, 0.15) is 32.8 Å². The number of nitrogens with one attached hydrogen (secondary N) is 2. The highest BCUT2D eigenvalue weighted by Gasteiger charge is 2.39. The van der Waals surface area contributed by atoms with Gasteiger partial charge in [0.05, 0.1) is 13.0 Å². The first-order valence-electron chi connectivity index (χ1n) is 11.2. The summed E-state index contributed by atoms with van der Waals surface area (Å²) in [5, 5.41) is 11.5. The SMILES string of the molecule is CNC(=O)[C@@H](N(CC#Cc1ccc(-c2ccccc2)cc1)C(=O)C[C@H](OC)C(=O)NO)C(C)(C)C. The molecule has 8 nitrogen and oxygen atoms in total. The fourth-order valence-electron chi connectivity index (χ4n) is 3.70. The Morgan fingerprint density at radius 1 is 1.00 bits per heavy atom. The zero-order chi connectivity index (χ0) is 26.0. The molecule has 35 heavy (non-hydrogen) atoms. The Balaban J connectivity index is 2.30. The number of benzene rings is 2. The second kappa shape index (κ2) is 12.7. The highest BCUT2D eigenvalue weighted by Crippen LogP contribution is 2.26. The molecule has 0 aliphatic rings. The minimum absolute atomic E-state index is 0.0359. The number of amides is 3. The fraction of sp³-hybridized carbons (Fsp3) is 0.370. The first-order valence-corrected chi connectivity index (χ1v) is 11.2. The van der Waals surface area contributed by atoms with Crippen LogP contribution >= 0.6 is 0 Å². The Hall–Kier alpha value is -3.67. The van der Waals surface area contributed by atoms with E-state index in [1.165, 1.54) is 24.5 Å². The number of rotatable bonds is 8. The van der Waals surface area contributed by atoms with Gasteiger partial charge >= 0.3 is 0 Å². The monoisotopic (exact) mass is 479 g/mol. The van der Waals surface area contributed by atoms with E-state index < -0.39 is 29.4 Å². The molecule has 0 aliphatic carbocycles. The number of nitrogens with zero attached hydrogens (tertiary/aromatic N) is 1. The van der Waals surface area contributed by atoms with Crippen LogP contribution < -0.4 is 10.8 Å². The number of methoxy groups -OCH3 is 1. The van der Waals surface area contributed by atoms with Crippen LogP contribution in [0.4, 0.5) is 0 Å². The van der Waals surface area contributed by atoms with Crippen LogP contribution in [-0.2, 0) is 19.1 Å². The number of carbonyl (C=O) groups is 3. The summed E-state index contributed by atoms with van der Waals surface area (Å²) >= 11 is 0. The maximum absolute atomic E-state index is 13.2. The predicted octanol–water partition coefficient (Wildman–Crippen LogP) is 2.60. The van der Waals surface area contributed by atoms with Gasteiger partial charge in [-0.2, -0.15) is 0 Å². The second-order valence-electron chi connectivity index (χ2n) is 9.05. The largest absolute Gasteiger partial charge is 0.371 e. The average Bonchev–Trinajstić information content (AvgIpc) is 2.85. The topological polar surface area (TPSA) is 108 Å². The summed E-state index contributed by atoms with van der Waals surface area (Å²) < 4.78 is 5.04. The molecule has 0 heterocycles. The molecule has 0 bridgehead atoms. The van der Waals surface area contributed by atoms with Crippen molar-refractivity contribution in [1.82, 2.24) is 15.7 Å². The molecule has 0 saturated carbocycles. The van der Waals surface area contributed by atoms with Gasteiger partial charge in [-0.1, -0.05) is 75.1 Å². The summed E-state index contributed by atoms with van der Waals surface area (Å²) in [4.78, 5) is 39.1. The van der Waals surface area contributed by atoms with Crippen LogP contribution in [0.15, 0.2) is 54.6 Å². The van der Waals surface area contributed by atoms with Crippen molar-refractivity contribution in [2.75, 3.05) is 20.7 Å². The van der Waals surface area contributed by atoms with Gasteiger partial charge in [0.2, 0.25) is 11.8 Å². The molecule has 3 amide bonds. The maximum atomic E-state index is 13.2. The van der Waals surface area contributed by atoms with E-state index in [2.05, 4.69) is 17.2 Å². The van der Waals surface area contributed by atoms with Crippen molar-refractivity contribution in [1.29, 1.82) is 0 Å². The minimum atomic E-state index is -1.21. The van der Waals surface area contributed by atoms with E-state index in [1.54, 1.807) is 0 Å². The van der Waals surface area contributed by atoms with Crippen molar-refractivity contribution in [2.24, 2.45) is 5.41 Å². The molecule has 2 rings (SSSR count). The lowest BCUT2D eigenvalue weighted by Crippen LogP contribution is -2.56. The summed E-state index contributed by atoms with van der Waals surface area (Å²) in [6, 6.07) is 16.9. The third-order valence-corrected chi connectivity index (χ3v) is 5.47. The molecular formula is C27H33N3O5. The lowest BCUT2D eigenvalue weighted by molar-refractivity contribution is -0.150. The van der Waals surface area contributed by atoms with Crippen molar-refractivity contribution in [3.8, 4) is 23.0 Å². The molecule has 3 N–H and O–H groups in total. The molecule has 2 aromatic rings. The quantitative estimate of drug-likeness (QED) is 0.306. The zero-order valence-corrected chi connectivity index (χ0v) is 20.8. The standard InChI is InChI=1S/C27H33N3O5/c1-27(2,3)24(26(33)28-4)30(23(31)18-22(35-5)25(32)29-34)17-9-10-19-13-15-21(16-14-19)20-11-7-6-8-12-20/h6-8,11-16,22,24,34H,17-18H2,1-5H3,(H,28,33)(H,29,32)/t22-,24+/m0/s1. The van der Waals surface area contributed by atoms with Gasteiger partial charge in [0.1, 0.15) is 12.1 Å².